The molecule has 1 aromatic carbocycles. The fourth-order valence-electron chi connectivity index (χ4n) is 4.21. The van der Waals surface area contributed by atoms with E-state index < -0.39 is 5.54 Å². The molecule has 0 saturated heterocycles. The first-order valence-electron chi connectivity index (χ1n) is 8.40. The van der Waals surface area contributed by atoms with Gasteiger partial charge in [0.1, 0.15) is 11.3 Å². The van der Waals surface area contributed by atoms with E-state index in [-0.39, 0.29) is 18.5 Å². The number of hydrogen-bond acceptors (Lipinski definition) is 4. The Morgan fingerprint density at radius 2 is 1.75 bits per heavy atom. The zero-order valence-corrected chi connectivity index (χ0v) is 14.8. The van der Waals surface area contributed by atoms with Gasteiger partial charge in [0.05, 0.1) is 5.57 Å². The number of nitrogens with zero attached hydrogens (tertiary/aromatic N) is 1. The Morgan fingerprint density at radius 3 is 2.29 bits per heavy atom. The molecule has 5 nitrogen and oxygen atoms in total. The molecule has 0 aromatic heterocycles. The predicted octanol–water partition coefficient (Wildman–Crippen LogP) is 3.57. The molecule has 1 N–H and O–H groups in total. The van der Waals surface area contributed by atoms with Gasteiger partial charge in [0.25, 0.3) is 5.91 Å². The number of carbonyl (C=O) groups is 1. The van der Waals surface area contributed by atoms with Crippen molar-refractivity contribution in [2.75, 3.05) is 13.9 Å². The van der Waals surface area contributed by atoms with Crippen LogP contribution in [0.4, 0.5) is 0 Å². The van der Waals surface area contributed by atoms with Crippen LogP contribution in [0.2, 0.25) is 0 Å². The molecule has 1 amide bonds. The molecule has 130 valence electrons. The third kappa shape index (κ3) is 2.43. The maximum atomic E-state index is 13.1. The van der Waals surface area contributed by atoms with E-state index in [9.17, 15) is 9.90 Å². The zero-order valence-electron chi connectivity index (χ0n) is 14.8. The second kappa shape index (κ2) is 6.22. The van der Waals surface area contributed by atoms with Gasteiger partial charge in [-0.25, -0.2) is 9.90 Å². The normalized spacial score (nSPS) is 19.8. The van der Waals surface area contributed by atoms with Crippen molar-refractivity contribution in [1.29, 1.82) is 0 Å². The summed E-state index contributed by atoms with van der Waals surface area (Å²) in [4.78, 5) is 18.7. The fourth-order valence-corrected chi connectivity index (χ4v) is 4.21. The van der Waals surface area contributed by atoms with Crippen LogP contribution in [0, 0.1) is 20.8 Å². The quantitative estimate of drug-likeness (QED) is 0.857. The Labute approximate surface area is 142 Å². The molecule has 1 spiro atoms. The van der Waals surface area contributed by atoms with Gasteiger partial charge >= 0.3 is 0 Å². The summed E-state index contributed by atoms with van der Waals surface area (Å²) in [7, 11) is 1.52. The smallest absolute Gasteiger partial charge is 0.282 e. The number of rotatable bonds is 4. The largest absolute Gasteiger partial charge is 0.509 e. The molecule has 24 heavy (non-hydrogen) atoms. The molecule has 1 aliphatic heterocycles. The maximum Gasteiger partial charge on any atom is 0.282 e. The number of carbonyl (C=O) groups excluding carboxylic acids is 1. The van der Waals surface area contributed by atoms with Crippen molar-refractivity contribution in [3.63, 3.8) is 0 Å². The number of amides is 1. The van der Waals surface area contributed by atoms with Crippen molar-refractivity contribution < 1.29 is 19.5 Å². The molecule has 1 aromatic rings. The number of hydroxylamine groups is 2. The molecule has 1 heterocycles. The zero-order chi connectivity index (χ0) is 17.5. The Bertz CT molecular complexity index is 678. The average Bonchev–Trinajstić information content (AvgIpc) is 3.06. The SMILES string of the molecule is COCON1C(=O)C(c2c(C)cc(C)cc2C)=C(O)C12CCCC2. The third-order valence-electron chi connectivity index (χ3n) is 5.12. The van der Waals surface area contributed by atoms with Crippen LogP contribution in [0.25, 0.3) is 5.57 Å². The summed E-state index contributed by atoms with van der Waals surface area (Å²) >= 11 is 0. The van der Waals surface area contributed by atoms with E-state index in [1.807, 2.05) is 32.9 Å². The molecule has 1 fully saturated rings. The van der Waals surface area contributed by atoms with Crippen LogP contribution >= 0.6 is 0 Å². The molecular weight excluding hydrogens is 306 g/mol. The molecule has 0 bridgehead atoms. The van der Waals surface area contributed by atoms with E-state index in [2.05, 4.69) is 0 Å². The molecule has 0 radical (unpaired) electrons. The van der Waals surface area contributed by atoms with E-state index in [1.54, 1.807) is 0 Å². The molecule has 1 saturated carbocycles. The van der Waals surface area contributed by atoms with E-state index in [4.69, 9.17) is 9.57 Å². The lowest BCUT2D eigenvalue weighted by atomic mass is 9.90. The molecule has 5 heteroatoms. The van der Waals surface area contributed by atoms with Crippen molar-refractivity contribution in [3.8, 4) is 0 Å². The van der Waals surface area contributed by atoms with Gasteiger partial charge in [-0.3, -0.25) is 4.79 Å². The summed E-state index contributed by atoms with van der Waals surface area (Å²) in [5, 5.41) is 12.4. The van der Waals surface area contributed by atoms with Gasteiger partial charge in [-0.1, -0.05) is 30.5 Å². The lowest BCUT2D eigenvalue weighted by molar-refractivity contribution is -0.243. The number of methoxy groups -OCH3 is 1. The van der Waals surface area contributed by atoms with E-state index in [0.29, 0.717) is 18.4 Å². The van der Waals surface area contributed by atoms with Crippen LogP contribution in [-0.4, -0.2) is 35.5 Å². The molecular formula is C19H25NO4. The monoisotopic (exact) mass is 331 g/mol. The van der Waals surface area contributed by atoms with Crippen LogP contribution in [0.3, 0.4) is 0 Å². The fraction of sp³-hybridized carbons (Fsp3) is 0.526. The minimum Gasteiger partial charge on any atom is -0.509 e. The van der Waals surface area contributed by atoms with Gasteiger partial charge < -0.3 is 9.84 Å². The Kier molecular flexibility index (Phi) is 4.40. The first kappa shape index (κ1) is 17.0. The number of aryl methyl sites for hydroxylation is 3. The van der Waals surface area contributed by atoms with Crippen LogP contribution < -0.4 is 0 Å². The Hall–Kier alpha value is -1.85. The number of aliphatic hydroxyl groups is 1. The van der Waals surface area contributed by atoms with Crippen LogP contribution in [0.5, 0.6) is 0 Å². The summed E-state index contributed by atoms with van der Waals surface area (Å²) in [6.45, 7) is 5.96. The van der Waals surface area contributed by atoms with E-state index in [1.165, 1.54) is 12.2 Å². The lowest BCUT2D eigenvalue weighted by Gasteiger charge is -2.33. The van der Waals surface area contributed by atoms with Gasteiger partial charge in [-0.15, -0.1) is 0 Å². The minimum atomic E-state index is -0.741. The van der Waals surface area contributed by atoms with Gasteiger partial charge in [0.15, 0.2) is 6.79 Å². The molecule has 0 unspecified atom stereocenters. The minimum absolute atomic E-state index is 0.0140. The predicted molar refractivity (Wildman–Crippen MR) is 91.2 cm³/mol. The Morgan fingerprint density at radius 1 is 1.17 bits per heavy atom. The first-order chi connectivity index (χ1) is 11.4. The van der Waals surface area contributed by atoms with Gasteiger partial charge in [0.2, 0.25) is 0 Å². The van der Waals surface area contributed by atoms with Crippen molar-refractivity contribution in [1.82, 2.24) is 5.06 Å². The number of ether oxygens (including phenoxy) is 1. The number of aliphatic hydroxyl groups excluding tert-OH is 1. The number of benzene rings is 1. The summed E-state index contributed by atoms with van der Waals surface area (Å²) < 4.78 is 4.98. The molecule has 0 atom stereocenters. The first-order valence-corrected chi connectivity index (χ1v) is 8.40. The highest BCUT2D eigenvalue weighted by Gasteiger charge is 2.55. The van der Waals surface area contributed by atoms with Crippen LogP contribution in [0.1, 0.15) is 47.9 Å². The second-order valence-corrected chi connectivity index (χ2v) is 6.87. The highest BCUT2D eigenvalue weighted by Crippen LogP contribution is 2.49. The number of hydrogen-bond donors (Lipinski definition) is 1. The Balaban J connectivity index is 2.14. The van der Waals surface area contributed by atoms with Crippen LogP contribution in [0.15, 0.2) is 17.9 Å². The summed E-state index contributed by atoms with van der Waals surface area (Å²) in [6.07, 6.45) is 3.34. The molecule has 3 rings (SSSR count). The maximum absolute atomic E-state index is 13.1. The van der Waals surface area contributed by atoms with Crippen molar-refractivity contribution in [2.45, 2.75) is 52.0 Å². The van der Waals surface area contributed by atoms with E-state index >= 15 is 0 Å². The van der Waals surface area contributed by atoms with Crippen molar-refractivity contribution in [2.24, 2.45) is 0 Å². The standard InChI is InChI=1S/C19H25NO4/c1-12-9-13(2)15(14(3)10-12)16-17(21)19(7-5-6-8-19)20(18(16)22)24-11-23-4/h9-10,21H,5-8,11H2,1-4H3. The highest BCUT2D eigenvalue weighted by molar-refractivity contribution is 6.23. The summed E-state index contributed by atoms with van der Waals surface area (Å²) in [5.74, 6) is -0.127. The topological polar surface area (TPSA) is 59.0 Å². The van der Waals surface area contributed by atoms with E-state index in [0.717, 1.165) is 35.1 Å². The van der Waals surface area contributed by atoms with Gasteiger partial charge in [-0.05, 0) is 50.3 Å². The molecule has 2 aliphatic rings. The van der Waals surface area contributed by atoms with Gasteiger partial charge in [0, 0.05) is 7.11 Å². The van der Waals surface area contributed by atoms with Crippen molar-refractivity contribution in [3.05, 3.63) is 40.1 Å². The highest BCUT2D eigenvalue weighted by atomic mass is 16.8. The summed E-state index contributed by atoms with van der Waals surface area (Å²) in [6, 6.07) is 4.08. The average molecular weight is 331 g/mol. The molecule has 1 aliphatic carbocycles. The lowest BCUT2D eigenvalue weighted by Crippen LogP contribution is -2.46. The van der Waals surface area contributed by atoms with Crippen molar-refractivity contribution >= 4 is 11.5 Å². The van der Waals surface area contributed by atoms with Gasteiger partial charge in [-0.2, -0.15) is 0 Å². The summed E-state index contributed by atoms with van der Waals surface area (Å²) in [5.41, 5.74) is 3.57. The second-order valence-electron chi connectivity index (χ2n) is 6.87. The van der Waals surface area contributed by atoms with Crippen LogP contribution in [-0.2, 0) is 14.4 Å². The third-order valence-corrected chi connectivity index (χ3v) is 5.12.